The summed E-state index contributed by atoms with van der Waals surface area (Å²) >= 11 is 5.93. The summed E-state index contributed by atoms with van der Waals surface area (Å²) in [5.74, 6) is -1.99. The van der Waals surface area contributed by atoms with Crippen LogP contribution < -0.4 is 5.69 Å². The quantitative estimate of drug-likeness (QED) is 0.402. The SMILES string of the molecule is O=C(c1c(Cl)cccc1C(F)(F)F)n1c(=O)n(-c2ccccc2F)c2ccccc21. The maximum atomic E-state index is 14.4. The summed E-state index contributed by atoms with van der Waals surface area (Å²) in [6.07, 6.45) is -4.87. The Balaban J connectivity index is 2.06. The van der Waals surface area contributed by atoms with Crippen LogP contribution in [0.5, 0.6) is 0 Å². The molecule has 0 aliphatic heterocycles. The summed E-state index contributed by atoms with van der Waals surface area (Å²) in [7, 11) is 0. The van der Waals surface area contributed by atoms with Crippen molar-refractivity contribution in [3.8, 4) is 5.69 Å². The second-order valence-corrected chi connectivity index (χ2v) is 6.77. The predicted octanol–water partition coefficient (Wildman–Crippen LogP) is 5.29. The molecule has 4 nitrogen and oxygen atoms in total. The van der Waals surface area contributed by atoms with Crippen molar-refractivity contribution < 1.29 is 22.4 Å². The summed E-state index contributed by atoms with van der Waals surface area (Å²) in [5, 5.41) is -0.454. The van der Waals surface area contributed by atoms with Crippen LogP contribution in [0.1, 0.15) is 15.9 Å². The highest BCUT2D eigenvalue weighted by Gasteiger charge is 2.37. The Bertz CT molecular complexity index is 1360. The van der Waals surface area contributed by atoms with E-state index in [4.69, 9.17) is 11.6 Å². The van der Waals surface area contributed by atoms with Gasteiger partial charge >= 0.3 is 11.9 Å². The zero-order chi connectivity index (χ0) is 21.6. The van der Waals surface area contributed by atoms with Crippen molar-refractivity contribution in [1.29, 1.82) is 0 Å². The van der Waals surface area contributed by atoms with Crippen LogP contribution in [0.2, 0.25) is 5.02 Å². The lowest BCUT2D eigenvalue weighted by atomic mass is 10.1. The lowest BCUT2D eigenvalue weighted by Crippen LogP contribution is -2.30. The molecule has 0 spiro atoms. The standard InChI is InChI=1S/C21H11ClF4N2O2/c22-13-7-5-6-12(21(24,25)26)18(13)19(29)28-17-11-4-3-10-16(17)27(20(28)30)15-9-2-1-8-14(15)23/h1-11H. The first-order valence-electron chi connectivity index (χ1n) is 8.59. The number of aromatic nitrogens is 2. The van der Waals surface area contributed by atoms with Gasteiger partial charge in [-0.3, -0.25) is 9.36 Å². The van der Waals surface area contributed by atoms with Crippen LogP contribution in [-0.2, 0) is 6.18 Å². The fourth-order valence-corrected chi connectivity index (χ4v) is 3.56. The molecular weight excluding hydrogens is 424 g/mol. The van der Waals surface area contributed by atoms with Gasteiger partial charge in [-0.05, 0) is 36.4 Å². The molecule has 0 N–H and O–H groups in total. The third-order valence-corrected chi connectivity index (χ3v) is 4.89. The Morgan fingerprint density at radius 1 is 0.867 bits per heavy atom. The van der Waals surface area contributed by atoms with Crippen molar-refractivity contribution in [3.63, 3.8) is 0 Å². The minimum Gasteiger partial charge on any atom is -0.268 e. The van der Waals surface area contributed by atoms with Gasteiger partial charge in [0.15, 0.2) is 0 Å². The van der Waals surface area contributed by atoms with Crippen molar-refractivity contribution in [3.05, 3.63) is 99.2 Å². The third-order valence-electron chi connectivity index (χ3n) is 4.58. The molecule has 9 heteroatoms. The molecule has 0 aliphatic carbocycles. The Hall–Kier alpha value is -3.39. The van der Waals surface area contributed by atoms with E-state index in [1.165, 1.54) is 36.4 Å². The van der Waals surface area contributed by atoms with Crippen molar-refractivity contribution in [2.75, 3.05) is 0 Å². The Morgan fingerprint density at radius 2 is 1.50 bits per heavy atom. The molecule has 0 saturated heterocycles. The Labute approximate surface area is 171 Å². The van der Waals surface area contributed by atoms with Crippen LogP contribution in [0.3, 0.4) is 0 Å². The first-order valence-corrected chi connectivity index (χ1v) is 8.97. The molecule has 0 saturated carbocycles. The van der Waals surface area contributed by atoms with Gasteiger partial charge < -0.3 is 0 Å². The minimum atomic E-state index is -4.87. The summed E-state index contributed by atoms with van der Waals surface area (Å²) in [6.45, 7) is 0. The predicted molar refractivity (Wildman–Crippen MR) is 104 cm³/mol. The minimum absolute atomic E-state index is 0.0174. The van der Waals surface area contributed by atoms with E-state index in [2.05, 4.69) is 0 Å². The lowest BCUT2D eigenvalue weighted by molar-refractivity contribution is -0.137. The number of carbonyl (C=O) groups excluding carboxylic acids is 1. The number of halogens is 5. The normalized spacial score (nSPS) is 11.8. The van der Waals surface area contributed by atoms with E-state index in [1.807, 2.05) is 0 Å². The summed E-state index contributed by atoms with van der Waals surface area (Å²) < 4.78 is 56.3. The van der Waals surface area contributed by atoms with E-state index in [0.29, 0.717) is 10.6 Å². The number of alkyl halides is 3. The molecule has 1 heterocycles. The molecule has 0 amide bonds. The molecular formula is C21H11ClF4N2O2. The number of nitrogens with zero attached hydrogens (tertiary/aromatic N) is 2. The topological polar surface area (TPSA) is 44.0 Å². The van der Waals surface area contributed by atoms with Crippen LogP contribution in [0.25, 0.3) is 16.7 Å². The van der Waals surface area contributed by atoms with Crippen LogP contribution in [0.15, 0.2) is 71.5 Å². The average molecular weight is 435 g/mol. The summed E-state index contributed by atoms with van der Waals surface area (Å²) in [6, 6.07) is 14.2. The van der Waals surface area contributed by atoms with E-state index < -0.39 is 39.7 Å². The first-order chi connectivity index (χ1) is 14.2. The molecule has 3 aromatic carbocycles. The smallest absolute Gasteiger partial charge is 0.268 e. The zero-order valence-electron chi connectivity index (χ0n) is 15.0. The van der Waals surface area contributed by atoms with Gasteiger partial charge in [-0.2, -0.15) is 13.2 Å². The number of carbonyl (C=O) groups is 1. The van der Waals surface area contributed by atoms with Crippen LogP contribution in [0, 0.1) is 5.82 Å². The number of rotatable bonds is 2. The van der Waals surface area contributed by atoms with Gasteiger partial charge in [-0.15, -0.1) is 0 Å². The second-order valence-electron chi connectivity index (χ2n) is 6.36. The zero-order valence-corrected chi connectivity index (χ0v) is 15.7. The highest BCUT2D eigenvalue weighted by molar-refractivity contribution is 6.34. The van der Waals surface area contributed by atoms with Gasteiger partial charge in [0, 0.05) is 0 Å². The molecule has 152 valence electrons. The Morgan fingerprint density at radius 3 is 2.17 bits per heavy atom. The monoisotopic (exact) mass is 434 g/mol. The second kappa shape index (κ2) is 7.14. The molecule has 0 bridgehead atoms. The number of benzene rings is 3. The highest BCUT2D eigenvalue weighted by atomic mass is 35.5. The van der Waals surface area contributed by atoms with E-state index in [-0.39, 0.29) is 16.7 Å². The van der Waals surface area contributed by atoms with Gasteiger partial charge in [-0.25, -0.2) is 13.8 Å². The molecule has 0 aliphatic rings. The first kappa shape index (κ1) is 19.9. The molecule has 0 atom stereocenters. The van der Waals surface area contributed by atoms with E-state index in [0.717, 1.165) is 22.8 Å². The number of hydrogen-bond acceptors (Lipinski definition) is 2. The molecule has 0 radical (unpaired) electrons. The molecule has 4 rings (SSSR count). The molecule has 4 aromatic rings. The van der Waals surface area contributed by atoms with E-state index >= 15 is 0 Å². The maximum absolute atomic E-state index is 14.4. The Kier molecular flexibility index (Phi) is 4.74. The van der Waals surface area contributed by atoms with Crippen molar-refractivity contribution in [1.82, 2.24) is 9.13 Å². The van der Waals surface area contributed by atoms with E-state index in [9.17, 15) is 27.2 Å². The van der Waals surface area contributed by atoms with Crippen molar-refractivity contribution in [2.45, 2.75) is 6.18 Å². The summed E-state index contributed by atoms with van der Waals surface area (Å²) in [5.41, 5.74) is -3.11. The van der Waals surface area contributed by atoms with Crippen LogP contribution in [-0.4, -0.2) is 15.0 Å². The number of fused-ring (bicyclic) bond motifs is 1. The number of hydrogen-bond donors (Lipinski definition) is 0. The highest BCUT2D eigenvalue weighted by Crippen LogP contribution is 2.35. The largest absolute Gasteiger partial charge is 0.417 e. The van der Waals surface area contributed by atoms with Gasteiger partial charge in [0.25, 0.3) is 5.91 Å². The van der Waals surface area contributed by atoms with Crippen LogP contribution >= 0.6 is 11.6 Å². The van der Waals surface area contributed by atoms with E-state index in [1.54, 1.807) is 6.07 Å². The fourth-order valence-electron chi connectivity index (χ4n) is 3.30. The molecule has 0 fully saturated rings. The maximum Gasteiger partial charge on any atom is 0.417 e. The van der Waals surface area contributed by atoms with Gasteiger partial charge in [-0.1, -0.05) is 41.9 Å². The third kappa shape index (κ3) is 3.09. The van der Waals surface area contributed by atoms with Gasteiger partial charge in [0.2, 0.25) is 0 Å². The summed E-state index contributed by atoms with van der Waals surface area (Å²) in [4.78, 5) is 26.3. The molecule has 0 unspecified atom stereocenters. The molecule has 1 aromatic heterocycles. The molecule has 30 heavy (non-hydrogen) atoms. The van der Waals surface area contributed by atoms with Gasteiger partial charge in [0.05, 0.1) is 32.9 Å². The van der Waals surface area contributed by atoms with Crippen LogP contribution in [0.4, 0.5) is 17.6 Å². The van der Waals surface area contributed by atoms with Crippen molar-refractivity contribution in [2.24, 2.45) is 0 Å². The van der Waals surface area contributed by atoms with Gasteiger partial charge in [0.1, 0.15) is 5.82 Å². The fraction of sp³-hybridized carbons (Fsp3) is 0.0476. The lowest BCUT2D eigenvalue weighted by Gasteiger charge is -2.13. The average Bonchev–Trinajstić information content (AvgIpc) is 2.99. The number of para-hydroxylation sites is 3. The van der Waals surface area contributed by atoms with Crippen molar-refractivity contribution >= 4 is 28.5 Å². The number of imidazole rings is 1.